The molecule has 1 aliphatic heterocycles. The number of sulfonamides is 1. The highest BCUT2D eigenvalue weighted by molar-refractivity contribution is 7.89. The van der Waals surface area contributed by atoms with E-state index in [-0.39, 0.29) is 0 Å². The molecule has 1 saturated heterocycles. The number of benzene rings is 1. The summed E-state index contributed by atoms with van der Waals surface area (Å²) >= 11 is 0. The van der Waals surface area contributed by atoms with Gasteiger partial charge in [-0.2, -0.15) is 4.31 Å². The molecule has 0 radical (unpaired) electrons. The summed E-state index contributed by atoms with van der Waals surface area (Å²) in [6, 6.07) is 10.8. The van der Waals surface area contributed by atoms with Crippen LogP contribution in [-0.2, 0) is 27.9 Å². The third-order valence-electron chi connectivity index (χ3n) is 5.12. The molecular weight excluding hydrogens is 416 g/mol. The van der Waals surface area contributed by atoms with Crippen molar-refractivity contribution in [2.45, 2.75) is 43.7 Å². The van der Waals surface area contributed by atoms with E-state index in [0.29, 0.717) is 50.2 Å². The molecule has 2 heterocycles. The highest BCUT2D eigenvalue weighted by Crippen LogP contribution is 2.21. The lowest BCUT2D eigenvalue weighted by molar-refractivity contribution is 0.105. The van der Waals surface area contributed by atoms with Gasteiger partial charge < -0.3 is 19.8 Å². The maximum absolute atomic E-state index is 12.9. The van der Waals surface area contributed by atoms with Gasteiger partial charge in [-0.1, -0.05) is 18.6 Å². The number of piperidine rings is 1. The fraction of sp³-hybridized carbons (Fsp3) is 0.500. The molecule has 0 aliphatic carbocycles. The second-order valence-electron chi connectivity index (χ2n) is 7.45. The predicted molar refractivity (Wildman–Crippen MR) is 120 cm³/mol. The van der Waals surface area contributed by atoms with Gasteiger partial charge in [-0.25, -0.2) is 8.42 Å². The molecule has 8 nitrogen and oxygen atoms in total. The maximum atomic E-state index is 12.9. The number of hydrogen-bond acceptors (Lipinski definition) is 5. The minimum atomic E-state index is -3.43. The molecule has 0 atom stereocenters. The molecule has 3 rings (SSSR count). The van der Waals surface area contributed by atoms with E-state index in [1.807, 2.05) is 18.2 Å². The van der Waals surface area contributed by atoms with E-state index in [9.17, 15) is 8.42 Å². The molecule has 2 aromatic rings. The molecule has 0 spiro atoms. The van der Waals surface area contributed by atoms with E-state index >= 15 is 0 Å². The van der Waals surface area contributed by atoms with Crippen LogP contribution < -0.4 is 10.6 Å². The number of aliphatic imine (C=N–C) groups is 1. The van der Waals surface area contributed by atoms with Crippen molar-refractivity contribution < 1.29 is 17.6 Å². The third-order valence-corrected chi connectivity index (χ3v) is 7.01. The summed E-state index contributed by atoms with van der Waals surface area (Å²) in [5, 5.41) is 6.47. The predicted octanol–water partition coefficient (Wildman–Crippen LogP) is 2.73. The first-order chi connectivity index (χ1) is 15.1. The molecule has 0 saturated carbocycles. The molecule has 0 unspecified atom stereocenters. The lowest BCUT2D eigenvalue weighted by Crippen LogP contribution is -2.37. The topological polar surface area (TPSA) is 96.2 Å². The molecule has 0 bridgehead atoms. The zero-order chi connectivity index (χ0) is 21.9. The Labute approximate surface area is 184 Å². The Balaban J connectivity index is 1.42. The molecule has 0 amide bonds. The van der Waals surface area contributed by atoms with Crippen LogP contribution in [0.25, 0.3) is 0 Å². The Morgan fingerprint density at radius 2 is 2.00 bits per heavy atom. The standard InChI is InChI=1S/C22H32N4O4S/c1-23-22(24-11-7-14-29-18-20-9-6-15-30-20)25-17-19-8-5-10-21(16-19)31(27,28)26-12-3-2-4-13-26/h5-6,8-10,15-16H,2-4,7,11-14,17-18H2,1H3,(H2,23,24,25). The van der Waals surface area contributed by atoms with Crippen molar-refractivity contribution >= 4 is 16.0 Å². The number of hydrogen-bond donors (Lipinski definition) is 2. The first-order valence-electron chi connectivity index (χ1n) is 10.7. The number of nitrogens with zero attached hydrogens (tertiary/aromatic N) is 2. The quantitative estimate of drug-likeness (QED) is 0.330. The highest BCUT2D eigenvalue weighted by Gasteiger charge is 2.25. The van der Waals surface area contributed by atoms with Crippen molar-refractivity contribution in [3.63, 3.8) is 0 Å². The van der Waals surface area contributed by atoms with Crippen LogP contribution in [0.3, 0.4) is 0 Å². The van der Waals surface area contributed by atoms with Gasteiger partial charge >= 0.3 is 0 Å². The number of rotatable bonds is 10. The lowest BCUT2D eigenvalue weighted by Gasteiger charge is -2.26. The van der Waals surface area contributed by atoms with E-state index in [4.69, 9.17) is 9.15 Å². The van der Waals surface area contributed by atoms with Crippen molar-refractivity contribution in [1.29, 1.82) is 0 Å². The van der Waals surface area contributed by atoms with Crippen LogP contribution >= 0.6 is 0 Å². The summed E-state index contributed by atoms with van der Waals surface area (Å²) in [4.78, 5) is 4.57. The first kappa shape index (κ1) is 23.3. The summed E-state index contributed by atoms with van der Waals surface area (Å²) in [5.74, 6) is 1.48. The smallest absolute Gasteiger partial charge is 0.243 e. The minimum Gasteiger partial charge on any atom is -0.467 e. The maximum Gasteiger partial charge on any atom is 0.243 e. The molecular formula is C22H32N4O4S. The van der Waals surface area contributed by atoms with Gasteiger partial charge in [0.1, 0.15) is 12.4 Å². The summed E-state index contributed by atoms with van der Waals surface area (Å²) in [7, 11) is -1.72. The molecule has 9 heteroatoms. The number of ether oxygens (including phenoxy) is 1. The molecule has 1 aliphatic rings. The zero-order valence-corrected chi connectivity index (χ0v) is 18.9. The zero-order valence-electron chi connectivity index (χ0n) is 18.0. The lowest BCUT2D eigenvalue weighted by atomic mass is 10.2. The molecule has 2 N–H and O–H groups in total. The number of guanidine groups is 1. The van der Waals surface area contributed by atoms with Gasteiger partial charge in [-0.15, -0.1) is 0 Å². The molecule has 1 aromatic carbocycles. The monoisotopic (exact) mass is 448 g/mol. The van der Waals surface area contributed by atoms with E-state index in [2.05, 4.69) is 15.6 Å². The second-order valence-corrected chi connectivity index (χ2v) is 9.39. The normalized spacial score (nSPS) is 15.7. The summed E-state index contributed by atoms with van der Waals surface area (Å²) in [6.45, 7) is 3.48. The van der Waals surface area contributed by atoms with Crippen molar-refractivity contribution in [2.24, 2.45) is 4.99 Å². The van der Waals surface area contributed by atoms with Gasteiger partial charge in [0.25, 0.3) is 0 Å². The van der Waals surface area contributed by atoms with Crippen LogP contribution in [0.4, 0.5) is 0 Å². The van der Waals surface area contributed by atoms with Crippen molar-refractivity contribution in [3.05, 3.63) is 54.0 Å². The van der Waals surface area contributed by atoms with E-state index in [1.54, 1.807) is 35.8 Å². The van der Waals surface area contributed by atoms with Gasteiger partial charge in [-0.3, -0.25) is 4.99 Å². The van der Waals surface area contributed by atoms with Gasteiger partial charge in [0.2, 0.25) is 10.0 Å². The Hall–Kier alpha value is -2.36. The van der Waals surface area contributed by atoms with E-state index < -0.39 is 10.0 Å². The fourth-order valence-electron chi connectivity index (χ4n) is 3.43. The largest absolute Gasteiger partial charge is 0.467 e. The van der Waals surface area contributed by atoms with E-state index in [0.717, 1.165) is 37.0 Å². The Morgan fingerprint density at radius 3 is 2.74 bits per heavy atom. The Morgan fingerprint density at radius 1 is 1.16 bits per heavy atom. The van der Waals surface area contributed by atoms with Crippen LogP contribution in [0.15, 0.2) is 57.0 Å². The minimum absolute atomic E-state index is 0.352. The molecule has 1 aromatic heterocycles. The number of furan rings is 1. The van der Waals surface area contributed by atoms with Crippen molar-refractivity contribution in [1.82, 2.24) is 14.9 Å². The average Bonchev–Trinajstić information content (AvgIpc) is 3.32. The Bertz CT molecular complexity index is 923. The van der Waals surface area contributed by atoms with Crippen molar-refractivity contribution in [3.8, 4) is 0 Å². The van der Waals surface area contributed by atoms with Crippen LogP contribution in [0.2, 0.25) is 0 Å². The van der Waals surface area contributed by atoms with Gasteiger partial charge in [0.05, 0.1) is 11.2 Å². The van der Waals surface area contributed by atoms with Gasteiger partial charge in [0, 0.05) is 39.8 Å². The van der Waals surface area contributed by atoms with Crippen molar-refractivity contribution in [2.75, 3.05) is 33.3 Å². The average molecular weight is 449 g/mol. The summed E-state index contributed by atoms with van der Waals surface area (Å²) in [5.41, 5.74) is 0.891. The summed E-state index contributed by atoms with van der Waals surface area (Å²) in [6.07, 6.45) is 5.41. The van der Waals surface area contributed by atoms with Crippen LogP contribution in [0.5, 0.6) is 0 Å². The summed E-state index contributed by atoms with van der Waals surface area (Å²) < 4.78 is 38.2. The first-order valence-corrected chi connectivity index (χ1v) is 12.2. The molecule has 1 fully saturated rings. The second kappa shape index (κ2) is 11.9. The van der Waals surface area contributed by atoms with Gasteiger partial charge in [-0.05, 0) is 49.1 Å². The van der Waals surface area contributed by atoms with Crippen LogP contribution in [-0.4, -0.2) is 52.0 Å². The highest BCUT2D eigenvalue weighted by atomic mass is 32.2. The number of nitrogens with one attached hydrogen (secondary N) is 2. The van der Waals surface area contributed by atoms with Gasteiger partial charge in [0.15, 0.2) is 5.96 Å². The van der Waals surface area contributed by atoms with Crippen LogP contribution in [0.1, 0.15) is 37.0 Å². The molecule has 170 valence electrons. The molecule has 31 heavy (non-hydrogen) atoms. The van der Waals surface area contributed by atoms with E-state index in [1.165, 1.54) is 0 Å². The SMILES string of the molecule is CN=C(NCCCOCc1ccco1)NCc1cccc(S(=O)(=O)N2CCCCC2)c1. The van der Waals surface area contributed by atoms with Crippen LogP contribution in [0, 0.1) is 0 Å². The third kappa shape index (κ3) is 7.09. The Kier molecular flexibility index (Phi) is 8.93. The fourth-order valence-corrected chi connectivity index (χ4v) is 5.01.